The van der Waals surface area contributed by atoms with Crippen molar-refractivity contribution in [2.75, 3.05) is 24.2 Å². The molecule has 66 valence electrons. The van der Waals surface area contributed by atoms with Crippen LogP contribution in [-0.4, -0.2) is 34.5 Å². The Hall–Kier alpha value is -1.40. The van der Waals surface area contributed by atoms with Gasteiger partial charge in [0, 0.05) is 26.4 Å². The molecule has 0 aromatic carbocycles. The summed E-state index contributed by atoms with van der Waals surface area (Å²) in [6, 6.07) is 1.52. The molecule has 1 aromatic heterocycles. The standard InChI is InChI=1S/C6H10N4O2/c1-9(11)5-3-4-7-6(8-5)10(2)12/h3-4,11-12H,1-2H3. The topological polar surface area (TPSA) is 72.7 Å². The first-order chi connectivity index (χ1) is 5.61. The predicted molar refractivity (Wildman–Crippen MR) is 42.4 cm³/mol. The van der Waals surface area contributed by atoms with Gasteiger partial charge in [-0.3, -0.25) is 10.4 Å². The molecule has 2 N–H and O–H groups in total. The van der Waals surface area contributed by atoms with E-state index in [1.54, 1.807) is 0 Å². The lowest BCUT2D eigenvalue weighted by Crippen LogP contribution is -2.17. The van der Waals surface area contributed by atoms with Crippen LogP contribution in [0.4, 0.5) is 11.8 Å². The Kier molecular flexibility index (Phi) is 2.41. The molecule has 6 nitrogen and oxygen atoms in total. The van der Waals surface area contributed by atoms with Crippen LogP contribution in [0.15, 0.2) is 12.3 Å². The average Bonchev–Trinajstić information content (AvgIpc) is 2.04. The maximum atomic E-state index is 8.97. The summed E-state index contributed by atoms with van der Waals surface area (Å²) in [4.78, 5) is 7.56. The van der Waals surface area contributed by atoms with E-state index in [1.165, 1.54) is 26.4 Å². The third-order valence-electron chi connectivity index (χ3n) is 1.25. The van der Waals surface area contributed by atoms with Gasteiger partial charge in [-0.05, 0) is 0 Å². The quantitative estimate of drug-likeness (QED) is 0.614. The number of aromatic nitrogens is 2. The van der Waals surface area contributed by atoms with Gasteiger partial charge in [-0.25, -0.2) is 15.1 Å². The lowest BCUT2D eigenvalue weighted by Gasteiger charge is -2.12. The van der Waals surface area contributed by atoms with Gasteiger partial charge < -0.3 is 0 Å². The summed E-state index contributed by atoms with van der Waals surface area (Å²) in [7, 11) is 2.83. The Labute approximate surface area is 69.6 Å². The molecular formula is C6H10N4O2. The molecule has 0 radical (unpaired) electrons. The first-order valence-corrected chi connectivity index (χ1v) is 3.29. The number of anilines is 2. The van der Waals surface area contributed by atoms with Crippen LogP contribution in [0.5, 0.6) is 0 Å². The smallest absolute Gasteiger partial charge is 0.251 e. The van der Waals surface area contributed by atoms with Crippen molar-refractivity contribution >= 4 is 11.8 Å². The average molecular weight is 170 g/mol. The second-order valence-corrected chi connectivity index (χ2v) is 2.26. The highest BCUT2D eigenvalue weighted by atomic mass is 16.5. The fourth-order valence-electron chi connectivity index (χ4n) is 0.675. The van der Waals surface area contributed by atoms with Gasteiger partial charge in [0.2, 0.25) is 0 Å². The number of hydrogen-bond donors (Lipinski definition) is 2. The summed E-state index contributed by atoms with van der Waals surface area (Å²) in [6.45, 7) is 0. The SMILES string of the molecule is CN(O)c1ccnc(N(C)O)n1. The summed E-state index contributed by atoms with van der Waals surface area (Å²) in [5.41, 5.74) is 0. The minimum Gasteiger partial charge on any atom is -0.287 e. The summed E-state index contributed by atoms with van der Waals surface area (Å²) < 4.78 is 0. The third-order valence-corrected chi connectivity index (χ3v) is 1.25. The fourth-order valence-corrected chi connectivity index (χ4v) is 0.675. The molecule has 0 spiro atoms. The second kappa shape index (κ2) is 3.33. The van der Waals surface area contributed by atoms with E-state index in [0.29, 0.717) is 5.82 Å². The maximum absolute atomic E-state index is 8.97. The zero-order valence-corrected chi connectivity index (χ0v) is 6.84. The van der Waals surface area contributed by atoms with Crippen molar-refractivity contribution in [3.63, 3.8) is 0 Å². The van der Waals surface area contributed by atoms with E-state index >= 15 is 0 Å². The van der Waals surface area contributed by atoms with Gasteiger partial charge in [-0.15, -0.1) is 0 Å². The van der Waals surface area contributed by atoms with E-state index in [9.17, 15) is 0 Å². The molecule has 0 fully saturated rings. The molecule has 0 saturated carbocycles. The zero-order valence-electron chi connectivity index (χ0n) is 6.84. The molecule has 0 aliphatic carbocycles. The Morgan fingerprint density at radius 3 is 2.42 bits per heavy atom. The van der Waals surface area contributed by atoms with Crippen molar-refractivity contribution in [1.29, 1.82) is 0 Å². The number of hydrogen-bond acceptors (Lipinski definition) is 6. The van der Waals surface area contributed by atoms with Gasteiger partial charge in [-0.2, -0.15) is 4.98 Å². The number of hydroxylamine groups is 2. The molecule has 6 heteroatoms. The molecular weight excluding hydrogens is 160 g/mol. The first-order valence-electron chi connectivity index (χ1n) is 3.29. The largest absolute Gasteiger partial charge is 0.287 e. The van der Waals surface area contributed by atoms with Crippen LogP contribution in [0.25, 0.3) is 0 Å². The van der Waals surface area contributed by atoms with Gasteiger partial charge >= 0.3 is 0 Å². The predicted octanol–water partition coefficient (Wildman–Crippen LogP) is 0.127. The fraction of sp³-hybridized carbons (Fsp3) is 0.333. The van der Waals surface area contributed by atoms with Crippen LogP contribution < -0.4 is 10.1 Å². The lowest BCUT2D eigenvalue weighted by atomic mass is 10.6. The van der Waals surface area contributed by atoms with E-state index in [0.717, 1.165) is 10.1 Å². The number of nitrogens with zero attached hydrogens (tertiary/aromatic N) is 4. The van der Waals surface area contributed by atoms with Crippen molar-refractivity contribution in [2.24, 2.45) is 0 Å². The molecule has 1 heterocycles. The van der Waals surface area contributed by atoms with Crippen LogP contribution in [-0.2, 0) is 0 Å². The minimum atomic E-state index is 0.133. The van der Waals surface area contributed by atoms with Gasteiger partial charge in [0.15, 0.2) is 5.82 Å². The maximum Gasteiger partial charge on any atom is 0.251 e. The first kappa shape index (κ1) is 8.69. The van der Waals surface area contributed by atoms with Crippen LogP contribution in [0.3, 0.4) is 0 Å². The van der Waals surface area contributed by atoms with Crippen LogP contribution in [0, 0.1) is 0 Å². The Bertz CT molecular complexity index is 240. The number of rotatable bonds is 2. The molecule has 0 amide bonds. The highest BCUT2D eigenvalue weighted by Crippen LogP contribution is 2.09. The van der Waals surface area contributed by atoms with Crippen LogP contribution >= 0.6 is 0 Å². The molecule has 0 aliphatic heterocycles. The van der Waals surface area contributed by atoms with Crippen molar-refractivity contribution in [1.82, 2.24) is 9.97 Å². The summed E-state index contributed by atoms with van der Waals surface area (Å²) in [5, 5.41) is 19.5. The Morgan fingerprint density at radius 2 is 1.92 bits per heavy atom. The van der Waals surface area contributed by atoms with Crippen molar-refractivity contribution in [3.8, 4) is 0 Å². The molecule has 0 unspecified atom stereocenters. The molecule has 0 aliphatic rings. The zero-order chi connectivity index (χ0) is 9.14. The molecule has 0 saturated heterocycles. The molecule has 0 bridgehead atoms. The normalized spacial score (nSPS) is 9.67. The molecule has 1 aromatic rings. The molecule has 1 rings (SSSR count). The summed E-state index contributed by atoms with van der Waals surface area (Å²) >= 11 is 0. The van der Waals surface area contributed by atoms with Crippen molar-refractivity contribution in [2.45, 2.75) is 0 Å². The van der Waals surface area contributed by atoms with E-state index < -0.39 is 0 Å². The van der Waals surface area contributed by atoms with E-state index in [4.69, 9.17) is 10.4 Å². The van der Waals surface area contributed by atoms with Gasteiger partial charge in [0.1, 0.15) is 0 Å². The molecule has 12 heavy (non-hydrogen) atoms. The van der Waals surface area contributed by atoms with Gasteiger partial charge in [0.05, 0.1) is 0 Å². The Balaban J connectivity index is 2.96. The second-order valence-electron chi connectivity index (χ2n) is 2.26. The lowest BCUT2D eigenvalue weighted by molar-refractivity contribution is 0.266. The summed E-state index contributed by atoms with van der Waals surface area (Å²) in [6.07, 6.45) is 1.44. The Morgan fingerprint density at radius 1 is 1.25 bits per heavy atom. The van der Waals surface area contributed by atoms with Crippen LogP contribution in [0.2, 0.25) is 0 Å². The highest BCUT2D eigenvalue weighted by Gasteiger charge is 2.03. The van der Waals surface area contributed by atoms with E-state index in [2.05, 4.69) is 9.97 Å². The van der Waals surface area contributed by atoms with Gasteiger partial charge in [0.25, 0.3) is 5.95 Å². The van der Waals surface area contributed by atoms with E-state index in [1.807, 2.05) is 0 Å². The van der Waals surface area contributed by atoms with Gasteiger partial charge in [-0.1, -0.05) is 0 Å². The van der Waals surface area contributed by atoms with Crippen molar-refractivity contribution in [3.05, 3.63) is 12.3 Å². The minimum absolute atomic E-state index is 0.133. The third kappa shape index (κ3) is 1.80. The van der Waals surface area contributed by atoms with Crippen LogP contribution in [0.1, 0.15) is 0 Å². The van der Waals surface area contributed by atoms with E-state index in [-0.39, 0.29) is 5.95 Å². The summed E-state index contributed by atoms with van der Waals surface area (Å²) in [5.74, 6) is 0.453. The highest BCUT2D eigenvalue weighted by molar-refractivity contribution is 5.38. The molecule has 0 atom stereocenters. The van der Waals surface area contributed by atoms with Crippen molar-refractivity contribution < 1.29 is 10.4 Å². The monoisotopic (exact) mass is 170 g/mol.